The standard InChI is InChI=1S/C17H26N4O3/c1-11(2)14(10-22)19-12-8-13(15-18-6-7-21(15)9-12)20-16(23)24-17(3,4)5/h6-9,11,14,19,22H,10H2,1-5H3,(H,20,23). The van der Waals surface area contributed by atoms with Crippen LogP contribution < -0.4 is 10.6 Å². The van der Waals surface area contributed by atoms with E-state index in [0.717, 1.165) is 5.69 Å². The third kappa shape index (κ3) is 4.61. The Morgan fingerprint density at radius 2 is 2.12 bits per heavy atom. The number of nitrogens with zero attached hydrogens (tertiary/aromatic N) is 2. The van der Waals surface area contributed by atoms with E-state index in [1.807, 2.05) is 45.2 Å². The molecular formula is C17H26N4O3. The topological polar surface area (TPSA) is 87.9 Å². The van der Waals surface area contributed by atoms with E-state index < -0.39 is 11.7 Å². The van der Waals surface area contributed by atoms with Crippen molar-refractivity contribution in [2.45, 2.75) is 46.3 Å². The van der Waals surface area contributed by atoms with Crippen LogP contribution >= 0.6 is 0 Å². The number of aromatic nitrogens is 2. The largest absolute Gasteiger partial charge is 0.444 e. The molecule has 0 spiro atoms. The highest BCUT2D eigenvalue weighted by molar-refractivity contribution is 5.90. The van der Waals surface area contributed by atoms with Gasteiger partial charge in [-0.2, -0.15) is 0 Å². The maximum atomic E-state index is 12.1. The summed E-state index contributed by atoms with van der Waals surface area (Å²) in [4.78, 5) is 16.3. The van der Waals surface area contributed by atoms with E-state index in [1.165, 1.54) is 0 Å². The van der Waals surface area contributed by atoms with Crippen LogP contribution in [0.4, 0.5) is 16.2 Å². The first-order chi connectivity index (χ1) is 11.2. The predicted molar refractivity (Wildman–Crippen MR) is 94.4 cm³/mol. The van der Waals surface area contributed by atoms with Crippen molar-refractivity contribution in [3.63, 3.8) is 0 Å². The lowest BCUT2D eigenvalue weighted by molar-refractivity contribution is 0.0636. The Hall–Kier alpha value is -2.28. The van der Waals surface area contributed by atoms with Crippen LogP contribution in [-0.4, -0.2) is 38.8 Å². The Morgan fingerprint density at radius 1 is 1.42 bits per heavy atom. The number of carbonyl (C=O) groups excluding carboxylic acids is 1. The maximum Gasteiger partial charge on any atom is 0.412 e. The molecule has 132 valence electrons. The first-order valence-electron chi connectivity index (χ1n) is 8.03. The molecule has 0 radical (unpaired) electrons. The van der Waals surface area contributed by atoms with E-state index in [9.17, 15) is 9.90 Å². The summed E-state index contributed by atoms with van der Waals surface area (Å²) in [5, 5.41) is 15.5. The molecule has 0 bridgehead atoms. The number of aliphatic hydroxyl groups excluding tert-OH is 1. The van der Waals surface area contributed by atoms with E-state index in [2.05, 4.69) is 15.6 Å². The van der Waals surface area contributed by atoms with Crippen LogP contribution in [0.1, 0.15) is 34.6 Å². The minimum absolute atomic E-state index is 0.0223. The van der Waals surface area contributed by atoms with Crippen LogP contribution in [0.3, 0.4) is 0 Å². The number of anilines is 2. The van der Waals surface area contributed by atoms with Gasteiger partial charge < -0.3 is 19.6 Å². The Balaban J connectivity index is 2.28. The summed E-state index contributed by atoms with van der Waals surface area (Å²) in [5.41, 5.74) is 1.36. The highest BCUT2D eigenvalue weighted by Crippen LogP contribution is 2.23. The molecule has 0 saturated heterocycles. The van der Waals surface area contributed by atoms with Gasteiger partial charge in [-0.25, -0.2) is 9.78 Å². The van der Waals surface area contributed by atoms with E-state index in [4.69, 9.17) is 4.74 Å². The van der Waals surface area contributed by atoms with Crippen molar-refractivity contribution >= 4 is 23.1 Å². The summed E-state index contributed by atoms with van der Waals surface area (Å²) in [6, 6.07) is 1.71. The number of hydrogen-bond acceptors (Lipinski definition) is 5. The molecule has 2 aromatic heterocycles. The van der Waals surface area contributed by atoms with Gasteiger partial charge in [0.25, 0.3) is 0 Å². The second-order valence-corrected chi connectivity index (χ2v) is 7.10. The summed E-state index contributed by atoms with van der Waals surface area (Å²) in [7, 11) is 0. The molecule has 3 N–H and O–H groups in total. The van der Waals surface area contributed by atoms with Gasteiger partial charge in [-0.1, -0.05) is 13.8 Å². The van der Waals surface area contributed by atoms with Crippen LogP contribution in [-0.2, 0) is 4.74 Å². The minimum atomic E-state index is -0.578. The van der Waals surface area contributed by atoms with E-state index in [1.54, 1.807) is 18.5 Å². The highest BCUT2D eigenvalue weighted by Gasteiger charge is 2.18. The van der Waals surface area contributed by atoms with E-state index in [-0.39, 0.29) is 18.6 Å². The predicted octanol–water partition coefficient (Wildman–Crippen LogP) is 3.11. The normalized spacial score (nSPS) is 13.1. The molecule has 2 aromatic rings. The zero-order valence-corrected chi connectivity index (χ0v) is 14.8. The lowest BCUT2D eigenvalue weighted by Gasteiger charge is -2.22. The third-order valence-corrected chi connectivity index (χ3v) is 3.48. The Kier molecular flexibility index (Phi) is 5.33. The molecule has 7 nitrogen and oxygen atoms in total. The molecule has 1 atom stereocenters. The third-order valence-electron chi connectivity index (χ3n) is 3.48. The zero-order valence-electron chi connectivity index (χ0n) is 14.8. The molecule has 24 heavy (non-hydrogen) atoms. The van der Waals surface area contributed by atoms with Gasteiger partial charge in [0, 0.05) is 18.6 Å². The average molecular weight is 334 g/mol. The molecular weight excluding hydrogens is 308 g/mol. The summed E-state index contributed by atoms with van der Waals surface area (Å²) >= 11 is 0. The van der Waals surface area contributed by atoms with Crippen molar-refractivity contribution < 1.29 is 14.6 Å². The number of carbonyl (C=O) groups is 1. The first-order valence-corrected chi connectivity index (χ1v) is 8.03. The van der Waals surface area contributed by atoms with Gasteiger partial charge in [0.2, 0.25) is 0 Å². The van der Waals surface area contributed by atoms with Crippen molar-refractivity contribution in [2.75, 3.05) is 17.2 Å². The number of amides is 1. The van der Waals surface area contributed by atoms with Crippen molar-refractivity contribution in [3.05, 3.63) is 24.7 Å². The summed E-state index contributed by atoms with van der Waals surface area (Å²) in [5.74, 6) is 0.260. The fourth-order valence-electron chi connectivity index (χ4n) is 2.25. The van der Waals surface area contributed by atoms with Gasteiger partial charge in [0.15, 0.2) is 5.65 Å². The molecule has 0 saturated carbocycles. The summed E-state index contributed by atoms with van der Waals surface area (Å²) in [6.07, 6.45) is 4.79. The van der Waals surface area contributed by atoms with Gasteiger partial charge >= 0.3 is 6.09 Å². The lowest BCUT2D eigenvalue weighted by atomic mass is 10.1. The molecule has 0 fully saturated rings. The molecule has 2 rings (SSSR count). The van der Waals surface area contributed by atoms with Crippen molar-refractivity contribution in [1.29, 1.82) is 0 Å². The fourth-order valence-corrected chi connectivity index (χ4v) is 2.25. The van der Waals surface area contributed by atoms with Crippen molar-refractivity contribution in [2.24, 2.45) is 5.92 Å². The lowest BCUT2D eigenvalue weighted by Crippen LogP contribution is -2.30. The molecule has 0 aliphatic heterocycles. The smallest absolute Gasteiger partial charge is 0.412 e. The second kappa shape index (κ2) is 7.09. The minimum Gasteiger partial charge on any atom is -0.444 e. The van der Waals surface area contributed by atoms with Crippen LogP contribution in [0.2, 0.25) is 0 Å². The fraction of sp³-hybridized carbons (Fsp3) is 0.529. The number of fused-ring (bicyclic) bond motifs is 1. The number of pyridine rings is 1. The molecule has 7 heteroatoms. The summed E-state index contributed by atoms with van der Waals surface area (Å²) in [6.45, 7) is 9.51. The number of hydrogen-bond donors (Lipinski definition) is 3. The Labute approximate surface area is 142 Å². The van der Waals surface area contributed by atoms with Gasteiger partial charge in [0.1, 0.15) is 5.60 Å². The van der Waals surface area contributed by atoms with Crippen LogP contribution in [0.25, 0.3) is 5.65 Å². The first kappa shape index (κ1) is 18.1. The van der Waals surface area contributed by atoms with E-state index in [0.29, 0.717) is 11.3 Å². The SMILES string of the molecule is CC(C)C(CO)Nc1cc(NC(=O)OC(C)(C)C)c2nccn2c1. The number of imidazole rings is 1. The molecule has 0 aliphatic rings. The van der Waals surface area contributed by atoms with Crippen molar-refractivity contribution in [1.82, 2.24) is 9.38 Å². The van der Waals surface area contributed by atoms with Crippen LogP contribution in [0.5, 0.6) is 0 Å². The monoisotopic (exact) mass is 334 g/mol. The van der Waals surface area contributed by atoms with Crippen LogP contribution in [0, 0.1) is 5.92 Å². The number of aliphatic hydroxyl groups is 1. The Bertz CT molecular complexity index is 703. The molecule has 1 unspecified atom stereocenters. The highest BCUT2D eigenvalue weighted by atomic mass is 16.6. The molecule has 2 heterocycles. The molecule has 0 aliphatic carbocycles. The van der Waals surface area contributed by atoms with Gasteiger partial charge in [-0.15, -0.1) is 0 Å². The van der Waals surface area contributed by atoms with Crippen molar-refractivity contribution in [3.8, 4) is 0 Å². The number of ether oxygens (including phenoxy) is 1. The Morgan fingerprint density at radius 3 is 2.71 bits per heavy atom. The number of nitrogens with one attached hydrogen (secondary N) is 2. The van der Waals surface area contributed by atoms with Gasteiger partial charge in [-0.05, 0) is 32.8 Å². The quantitative estimate of drug-likeness (QED) is 0.782. The van der Waals surface area contributed by atoms with Crippen LogP contribution in [0.15, 0.2) is 24.7 Å². The van der Waals surface area contributed by atoms with Gasteiger partial charge in [-0.3, -0.25) is 5.32 Å². The molecule has 1 amide bonds. The zero-order chi connectivity index (χ0) is 17.9. The second-order valence-electron chi connectivity index (χ2n) is 7.10. The number of rotatable bonds is 5. The van der Waals surface area contributed by atoms with Gasteiger partial charge in [0.05, 0.1) is 24.0 Å². The molecule has 0 aromatic carbocycles. The maximum absolute atomic E-state index is 12.1. The summed E-state index contributed by atoms with van der Waals surface area (Å²) < 4.78 is 7.11. The van der Waals surface area contributed by atoms with E-state index >= 15 is 0 Å². The average Bonchev–Trinajstić information content (AvgIpc) is 2.90.